The molecule has 23 heavy (non-hydrogen) atoms. The number of anilines is 1. The number of benzene rings is 1. The van der Waals surface area contributed by atoms with Crippen LogP contribution in [0.4, 0.5) is 5.13 Å². The largest absolute Gasteiger partial charge is 0.478 e. The number of carbonyl (C=O) groups is 2. The number of primary amides is 1. The van der Waals surface area contributed by atoms with E-state index in [-0.39, 0.29) is 0 Å². The molecule has 1 aliphatic rings. The number of nitrogens with two attached hydrogens (primary N) is 1. The highest BCUT2D eigenvalue weighted by Crippen LogP contribution is 2.28. The predicted molar refractivity (Wildman–Crippen MR) is 88.1 cm³/mol. The Kier molecular flexibility index (Phi) is 4.29. The molecule has 1 saturated heterocycles. The normalized spacial score (nSPS) is 17.4. The maximum Gasteiger partial charge on any atom is 0.335 e. The quantitative estimate of drug-likeness (QED) is 0.873. The predicted octanol–water partition coefficient (Wildman–Crippen LogP) is 2.01. The summed E-state index contributed by atoms with van der Waals surface area (Å²) >= 11 is 1.43. The summed E-state index contributed by atoms with van der Waals surface area (Å²) in [4.78, 5) is 28.6. The van der Waals surface area contributed by atoms with Crippen LogP contribution in [0.1, 0.15) is 32.8 Å². The van der Waals surface area contributed by atoms with E-state index in [1.807, 2.05) is 6.07 Å². The Morgan fingerprint density at radius 1 is 1.43 bits per heavy atom. The van der Waals surface area contributed by atoms with E-state index in [0.717, 1.165) is 36.6 Å². The number of carboxylic acids is 1. The number of carbonyl (C=O) groups excluding carboxylic acids is 1. The van der Waals surface area contributed by atoms with Gasteiger partial charge < -0.3 is 15.7 Å². The first-order valence-electron chi connectivity index (χ1n) is 7.35. The first-order chi connectivity index (χ1) is 11.0. The Labute approximate surface area is 137 Å². The lowest BCUT2D eigenvalue weighted by molar-refractivity contribution is 0.0696. The summed E-state index contributed by atoms with van der Waals surface area (Å²) in [6, 6.07) is 7.09. The van der Waals surface area contributed by atoms with Crippen LogP contribution in [0.25, 0.3) is 0 Å². The van der Waals surface area contributed by atoms with Crippen molar-refractivity contribution in [1.82, 2.24) is 4.98 Å². The van der Waals surface area contributed by atoms with Crippen molar-refractivity contribution in [2.75, 3.05) is 18.0 Å². The Hall–Kier alpha value is -2.41. The highest BCUT2D eigenvalue weighted by molar-refractivity contribution is 7.13. The minimum atomic E-state index is -0.901. The number of carboxylic acid groups (broad SMARTS) is 1. The van der Waals surface area contributed by atoms with E-state index in [1.165, 1.54) is 11.3 Å². The van der Waals surface area contributed by atoms with Gasteiger partial charge in [0.2, 0.25) is 0 Å². The van der Waals surface area contributed by atoms with Gasteiger partial charge in [-0.2, -0.15) is 0 Å². The van der Waals surface area contributed by atoms with Gasteiger partial charge in [-0.15, -0.1) is 11.3 Å². The molecule has 1 amide bonds. The average molecular weight is 331 g/mol. The van der Waals surface area contributed by atoms with E-state index < -0.39 is 11.9 Å². The van der Waals surface area contributed by atoms with E-state index in [9.17, 15) is 9.59 Å². The molecule has 6 nitrogen and oxygen atoms in total. The molecule has 3 rings (SSSR count). The second-order valence-electron chi connectivity index (χ2n) is 5.69. The molecule has 1 aliphatic heterocycles. The fourth-order valence-electron chi connectivity index (χ4n) is 2.86. The second-order valence-corrected chi connectivity index (χ2v) is 6.53. The molecular formula is C16H17N3O3S. The van der Waals surface area contributed by atoms with Crippen LogP contribution >= 0.6 is 11.3 Å². The van der Waals surface area contributed by atoms with Gasteiger partial charge in [-0.1, -0.05) is 12.1 Å². The van der Waals surface area contributed by atoms with Gasteiger partial charge >= 0.3 is 5.97 Å². The van der Waals surface area contributed by atoms with Crippen molar-refractivity contribution < 1.29 is 14.7 Å². The van der Waals surface area contributed by atoms with E-state index in [4.69, 9.17) is 10.8 Å². The topological polar surface area (TPSA) is 96.5 Å². The number of hydrogen-bond donors (Lipinski definition) is 2. The van der Waals surface area contributed by atoms with E-state index in [0.29, 0.717) is 17.2 Å². The summed E-state index contributed by atoms with van der Waals surface area (Å²) in [5.41, 5.74) is 6.90. The summed E-state index contributed by atoms with van der Waals surface area (Å²) in [6.07, 6.45) is 1.86. The van der Waals surface area contributed by atoms with Crippen molar-refractivity contribution in [3.8, 4) is 0 Å². The molecule has 1 fully saturated rings. The van der Waals surface area contributed by atoms with Gasteiger partial charge in [-0.3, -0.25) is 4.79 Å². The molecule has 1 aromatic carbocycles. The van der Waals surface area contributed by atoms with Crippen LogP contribution in [0.3, 0.4) is 0 Å². The van der Waals surface area contributed by atoms with Gasteiger partial charge in [0.15, 0.2) is 5.13 Å². The molecule has 0 bridgehead atoms. The van der Waals surface area contributed by atoms with E-state index in [2.05, 4.69) is 9.88 Å². The van der Waals surface area contributed by atoms with Crippen molar-refractivity contribution in [1.29, 1.82) is 0 Å². The maximum absolute atomic E-state index is 11.1. The molecular weight excluding hydrogens is 314 g/mol. The molecule has 7 heteroatoms. The van der Waals surface area contributed by atoms with Gasteiger partial charge in [0, 0.05) is 18.5 Å². The zero-order valence-electron chi connectivity index (χ0n) is 12.4. The minimum absolute atomic E-state index is 0.308. The lowest BCUT2D eigenvalue weighted by atomic mass is 9.97. The van der Waals surface area contributed by atoms with Gasteiger partial charge in [0.05, 0.1) is 5.56 Å². The van der Waals surface area contributed by atoms with Gasteiger partial charge in [-0.25, -0.2) is 9.78 Å². The summed E-state index contributed by atoms with van der Waals surface area (Å²) < 4.78 is 0. The van der Waals surface area contributed by atoms with Crippen LogP contribution < -0.4 is 10.6 Å². The molecule has 1 unspecified atom stereocenters. The molecule has 1 aromatic heterocycles. The molecule has 0 saturated carbocycles. The van der Waals surface area contributed by atoms with Gasteiger partial charge in [0.1, 0.15) is 5.69 Å². The zero-order chi connectivity index (χ0) is 16.4. The van der Waals surface area contributed by atoms with Crippen molar-refractivity contribution in [2.45, 2.75) is 12.8 Å². The Bertz CT molecular complexity index is 744. The molecule has 0 spiro atoms. The van der Waals surface area contributed by atoms with E-state index >= 15 is 0 Å². The number of amides is 1. The van der Waals surface area contributed by atoms with Gasteiger partial charge in [-0.05, 0) is 36.5 Å². The summed E-state index contributed by atoms with van der Waals surface area (Å²) in [5, 5.41) is 11.6. The van der Waals surface area contributed by atoms with Crippen molar-refractivity contribution in [3.05, 3.63) is 46.5 Å². The van der Waals surface area contributed by atoms with Crippen LogP contribution in [-0.2, 0) is 6.42 Å². The smallest absolute Gasteiger partial charge is 0.335 e. The lowest BCUT2D eigenvalue weighted by Gasteiger charge is -2.15. The molecule has 2 heterocycles. The maximum atomic E-state index is 11.1. The van der Waals surface area contributed by atoms with Crippen LogP contribution in [0.5, 0.6) is 0 Å². The van der Waals surface area contributed by atoms with Crippen LogP contribution in [0.2, 0.25) is 0 Å². The van der Waals surface area contributed by atoms with E-state index in [1.54, 1.807) is 23.6 Å². The first kappa shape index (κ1) is 15.5. The average Bonchev–Trinajstić information content (AvgIpc) is 3.16. The summed E-state index contributed by atoms with van der Waals surface area (Å²) in [5.74, 6) is -0.963. The van der Waals surface area contributed by atoms with Gasteiger partial charge in [0.25, 0.3) is 5.91 Å². The zero-order valence-corrected chi connectivity index (χ0v) is 13.3. The number of thiazole rings is 1. The molecule has 1 atom stereocenters. The Morgan fingerprint density at radius 2 is 2.26 bits per heavy atom. The molecule has 0 aliphatic carbocycles. The Morgan fingerprint density at radius 3 is 2.96 bits per heavy atom. The number of aromatic nitrogens is 1. The Balaban J connectivity index is 1.64. The monoisotopic (exact) mass is 331 g/mol. The SMILES string of the molecule is NC(=O)c1csc(N2CCC(Cc3cccc(C(=O)O)c3)C2)n1. The fraction of sp³-hybridized carbons (Fsp3) is 0.312. The number of nitrogens with zero attached hydrogens (tertiary/aromatic N) is 2. The van der Waals surface area contributed by atoms with Crippen molar-refractivity contribution in [3.63, 3.8) is 0 Å². The minimum Gasteiger partial charge on any atom is -0.478 e. The van der Waals surface area contributed by atoms with Crippen LogP contribution in [0.15, 0.2) is 29.6 Å². The molecule has 0 radical (unpaired) electrons. The van der Waals surface area contributed by atoms with Crippen molar-refractivity contribution >= 4 is 28.3 Å². The number of rotatable bonds is 5. The third kappa shape index (κ3) is 3.50. The van der Waals surface area contributed by atoms with Crippen molar-refractivity contribution in [2.24, 2.45) is 11.7 Å². The highest BCUT2D eigenvalue weighted by atomic mass is 32.1. The lowest BCUT2D eigenvalue weighted by Crippen LogP contribution is -2.20. The molecule has 3 N–H and O–H groups in total. The standard InChI is InChI=1S/C16H17N3O3S/c17-14(20)13-9-23-16(18-13)19-5-4-11(8-19)6-10-2-1-3-12(7-10)15(21)22/h1-3,7,9,11H,4-6,8H2,(H2,17,20)(H,21,22). The summed E-state index contributed by atoms with van der Waals surface area (Å²) in [6.45, 7) is 1.73. The number of aromatic carboxylic acids is 1. The van der Waals surface area contributed by atoms with Crippen LogP contribution in [-0.4, -0.2) is 35.1 Å². The summed E-state index contributed by atoms with van der Waals surface area (Å²) in [7, 11) is 0. The fourth-order valence-corrected chi connectivity index (χ4v) is 3.71. The first-order valence-corrected chi connectivity index (χ1v) is 8.23. The number of hydrogen-bond acceptors (Lipinski definition) is 5. The third-order valence-electron chi connectivity index (χ3n) is 4.00. The molecule has 120 valence electrons. The molecule has 2 aromatic rings. The van der Waals surface area contributed by atoms with Crippen LogP contribution in [0, 0.1) is 5.92 Å². The third-order valence-corrected chi connectivity index (χ3v) is 4.90. The highest BCUT2D eigenvalue weighted by Gasteiger charge is 2.25. The second kappa shape index (κ2) is 6.37.